The van der Waals surface area contributed by atoms with Gasteiger partial charge in [-0.05, 0) is 37.0 Å². The number of aromatic nitrogens is 1. The van der Waals surface area contributed by atoms with E-state index in [-0.39, 0.29) is 0 Å². The second kappa shape index (κ2) is 10.2. The topological polar surface area (TPSA) is 39.2 Å². The first-order chi connectivity index (χ1) is 12.2. The molecule has 2 rings (SSSR count). The first kappa shape index (κ1) is 18.7. The normalized spacial score (nSPS) is 11.3. The minimum absolute atomic E-state index is 0.301. The summed E-state index contributed by atoms with van der Waals surface area (Å²) in [6, 6.07) is 12.2. The number of pyridine rings is 1. The molecule has 0 fully saturated rings. The van der Waals surface area contributed by atoms with Crippen molar-refractivity contribution in [2.45, 2.75) is 39.5 Å². The Morgan fingerprint density at radius 1 is 1.04 bits per heavy atom. The third-order valence-electron chi connectivity index (χ3n) is 3.83. The van der Waals surface area contributed by atoms with Crippen molar-refractivity contribution in [3.05, 3.63) is 72.5 Å². The van der Waals surface area contributed by atoms with Crippen molar-refractivity contribution in [1.82, 2.24) is 4.98 Å². The van der Waals surface area contributed by atoms with Crippen molar-refractivity contribution in [3.63, 3.8) is 0 Å². The Balaban J connectivity index is 1.96. The van der Waals surface area contributed by atoms with Crippen molar-refractivity contribution < 1.29 is 9.53 Å². The third-order valence-corrected chi connectivity index (χ3v) is 3.83. The molecule has 0 N–H and O–H groups in total. The van der Waals surface area contributed by atoms with Gasteiger partial charge in [0.2, 0.25) is 5.88 Å². The van der Waals surface area contributed by atoms with Gasteiger partial charge in [0.25, 0.3) is 0 Å². The van der Waals surface area contributed by atoms with Crippen LogP contribution in [-0.4, -0.2) is 11.0 Å². The van der Waals surface area contributed by atoms with Gasteiger partial charge in [-0.1, -0.05) is 62.3 Å². The van der Waals surface area contributed by atoms with Crippen LogP contribution in [0.1, 0.15) is 38.7 Å². The molecule has 1 heterocycles. The van der Waals surface area contributed by atoms with Crippen molar-refractivity contribution in [2.24, 2.45) is 0 Å². The Bertz CT molecular complexity index is 713. The molecular formula is C22H25NO2. The van der Waals surface area contributed by atoms with Gasteiger partial charge in [-0.3, -0.25) is 0 Å². The zero-order valence-corrected chi connectivity index (χ0v) is 14.9. The molecule has 0 aliphatic rings. The van der Waals surface area contributed by atoms with E-state index in [0.29, 0.717) is 5.88 Å². The number of nitrogens with zero attached hydrogens (tertiary/aromatic N) is 1. The van der Waals surface area contributed by atoms with Gasteiger partial charge in [-0.25, -0.2) is 9.78 Å². The molecule has 0 spiro atoms. The second-order valence-electron chi connectivity index (χ2n) is 5.85. The standard InChI is InChI=1S/C22H25NO2/c1-3-5-7-9-18-11-13-19(14-12-18)20-15-16-21(23-17-20)25-22(24)10-8-6-4-2/h4,6,8,10-17H,3,5,7,9H2,1-2H3. The van der Waals surface area contributed by atoms with Crippen LogP contribution in [0.4, 0.5) is 0 Å². The summed E-state index contributed by atoms with van der Waals surface area (Å²) >= 11 is 0. The molecule has 0 bridgehead atoms. The van der Waals surface area contributed by atoms with Crippen molar-refractivity contribution in [1.29, 1.82) is 0 Å². The molecule has 130 valence electrons. The number of carbonyl (C=O) groups is 1. The quantitative estimate of drug-likeness (QED) is 0.276. The first-order valence-electron chi connectivity index (χ1n) is 8.79. The number of unbranched alkanes of at least 4 members (excludes halogenated alkanes) is 2. The van der Waals surface area contributed by atoms with Crippen molar-refractivity contribution >= 4 is 5.97 Å². The fraction of sp³-hybridized carbons (Fsp3) is 0.273. The van der Waals surface area contributed by atoms with Crippen LogP contribution < -0.4 is 4.74 Å². The number of ether oxygens (including phenoxy) is 1. The lowest BCUT2D eigenvalue weighted by Crippen LogP contribution is -2.04. The highest BCUT2D eigenvalue weighted by Gasteiger charge is 2.03. The Kier molecular flexibility index (Phi) is 7.64. The van der Waals surface area contributed by atoms with Crippen molar-refractivity contribution in [3.8, 4) is 17.0 Å². The van der Waals surface area contributed by atoms with Gasteiger partial charge in [-0.15, -0.1) is 0 Å². The largest absolute Gasteiger partial charge is 0.404 e. The minimum atomic E-state index is -0.435. The van der Waals surface area contributed by atoms with Crippen LogP contribution >= 0.6 is 0 Å². The predicted molar refractivity (Wildman–Crippen MR) is 102 cm³/mol. The fourth-order valence-corrected chi connectivity index (χ4v) is 2.44. The van der Waals surface area contributed by atoms with E-state index >= 15 is 0 Å². The summed E-state index contributed by atoms with van der Waals surface area (Å²) in [5.74, 6) is -0.134. The molecule has 25 heavy (non-hydrogen) atoms. The third kappa shape index (κ3) is 6.38. The van der Waals surface area contributed by atoms with Crippen LogP contribution in [0.5, 0.6) is 5.88 Å². The summed E-state index contributed by atoms with van der Waals surface area (Å²) in [6.45, 7) is 4.10. The highest BCUT2D eigenvalue weighted by atomic mass is 16.5. The number of benzene rings is 1. The van der Waals surface area contributed by atoms with Gasteiger partial charge in [0.1, 0.15) is 0 Å². The molecule has 0 saturated heterocycles. The molecule has 0 saturated carbocycles. The monoisotopic (exact) mass is 335 g/mol. The zero-order valence-electron chi connectivity index (χ0n) is 14.9. The molecule has 0 radical (unpaired) electrons. The fourth-order valence-electron chi connectivity index (χ4n) is 2.44. The van der Waals surface area contributed by atoms with Crippen LogP contribution in [0.3, 0.4) is 0 Å². The molecule has 0 aliphatic heterocycles. The SMILES string of the molecule is CC=CC=CC(=O)Oc1ccc(-c2ccc(CCCCC)cc2)cn1. The maximum absolute atomic E-state index is 11.6. The Hall–Kier alpha value is -2.68. The van der Waals surface area contributed by atoms with Gasteiger partial charge in [0.15, 0.2) is 0 Å². The van der Waals surface area contributed by atoms with Crippen molar-refractivity contribution in [2.75, 3.05) is 0 Å². The number of rotatable bonds is 8. The molecular weight excluding hydrogens is 310 g/mol. The molecule has 0 atom stereocenters. The summed E-state index contributed by atoms with van der Waals surface area (Å²) < 4.78 is 5.16. The van der Waals surface area contributed by atoms with Gasteiger partial charge in [0.05, 0.1) is 0 Å². The lowest BCUT2D eigenvalue weighted by molar-refractivity contribution is -0.129. The molecule has 3 nitrogen and oxygen atoms in total. The summed E-state index contributed by atoms with van der Waals surface area (Å²) in [5.41, 5.74) is 3.48. The zero-order chi connectivity index (χ0) is 17.9. The Morgan fingerprint density at radius 3 is 2.44 bits per heavy atom. The van der Waals surface area contributed by atoms with Gasteiger partial charge < -0.3 is 4.74 Å². The minimum Gasteiger partial charge on any atom is -0.404 e. The lowest BCUT2D eigenvalue weighted by atomic mass is 10.0. The van der Waals surface area contributed by atoms with E-state index in [9.17, 15) is 4.79 Å². The van der Waals surface area contributed by atoms with Crippen LogP contribution in [0.15, 0.2) is 66.9 Å². The number of allylic oxidation sites excluding steroid dienone is 3. The smallest absolute Gasteiger partial charge is 0.337 e. The van der Waals surface area contributed by atoms with Crippen LogP contribution in [-0.2, 0) is 11.2 Å². The second-order valence-corrected chi connectivity index (χ2v) is 5.85. The van der Waals surface area contributed by atoms with Gasteiger partial charge >= 0.3 is 5.97 Å². The number of hydrogen-bond donors (Lipinski definition) is 0. The molecule has 1 aromatic heterocycles. The molecule has 1 aromatic carbocycles. The van der Waals surface area contributed by atoms with E-state index in [1.807, 2.05) is 19.1 Å². The molecule has 0 amide bonds. The van der Waals surface area contributed by atoms with Gasteiger partial charge in [0, 0.05) is 23.9 Å². The maximum Gasteiger partial charge on any atom is 0.337 e. The van der Waals surface area contributed by atoms with E-state index in [4.69, 9.17) is 4.74 Å². The van der Waals surface area contributed by atoms with E-state index in [1.54, 1.807) is 24.4 Å². The number of hydrogen-bond acceptors (Lipinski definition) is 3. The summed E-state index contributed by atoms with van der Waals surface area (Å²) in [6.07, 6.45) is 13.2. The predicted octanol–water partition coefficient (Wildman–Crippen LogP) is 5.52. The van der Waals surface area contributed by atoms with Gasteiger partial charge in [-0.2, -0.15) is 0 Å². The van der Waals surface area contributed by atoms with Crippen LogP contribution in [0, 0.1) is 0 Å². The summed E-state index contributed by atoms with van der Waals surface area (Å²) in [7, 11) is 0. The summed E-state index contributed by atoms with van der Waals surface area (Å²) in [4.78, 5) is 15.8. The molecule has 0 aliphatic carbocycles. The van der Waals surface area contributed by atoms with Crippen LogP contribution in [0.2, 0.25) is 0 Å². The van der Waals surface area contributed by atoms with Crippen LogP contribution in [0.25, 0.3) is 11.1 Å². The highest BCUT2D eigenvalue weighted by molar-refractivity contribution is 5.84. The average molecular weight is 335 g/mol. The first-order valence-corrected chi connectivity index (χ1v) is 8.79. The van der Waals surface area contributed by atoms with E-state index < -0.39 is 5.97 Å². The molecule has 2 aromatic rings. The van der Waals surface area contributed by atoms with E-state index in [0.717, 1.165) is 17.5 Å². The Morgan fingerprint density at radius 2 is 1.80 bits per heavy atom. The Labute approximate surface area is 150 Å². The molecule has 3 heteroatoms. The van der Waals surface area contributed by atoms with E-state index in [2.05, 4.69) is 36.2 Å². The highest BCUT2D eigenvalue weighted by Crippen LogP contribution is 2.21. The maximum atomic E-state index is 11.6. The number of aryl methyl sites for hydroxylation is 1. The summed E-state index contributed by atoms with van der Waals surface area (Å²) in [5, 5.41) is 0. The molecule has 0 unspecified atom stereocenters. The lowest BCUT2D eigenvalue weighted by Gasteiger charge is -2.05. The van der Waals surface area contributed by atoms with E-state index in [1.165, 1.54) is 30.9 Å². The number of carbonyl (C=O) groups excluding carboxylic acids is 1. The number of esters is 1. The average Bonchev–Trinajstić information content (AvgIpc) is 2.63.